The summed E-state index contributed by atoms with van der Waals surface area (Å²) in [5.41, 5.74) is 6.32. The molecule has 3 nitrogen and oxygen atoms in total. The average Bonchev–Trinajstić information content (AvgIpc) is 2.83. The molecule has 0 spiro atoms. The third-order valence-electron chi connectivity index (χ3n) is 3.66. The number of likely N-dealkylation sites (tertiary alicyclic amines) is 1. The summed E-state index contributed by atoms with van der Waals surface area (Å²) in [4.78, 5) is 13.6. The smallest absolute Gasteiger partial charge is 0.240 e. The molecule has 0 radical (unpaired) electrons. The predicted molar refractivity (Wildman–Crippen MR) is 68.9 cm³/mol. The number of amides is 1. The van der Waals surface area contributed by atoms with Gasteiger partial charge in [-0.25, -0.2) is 8.78 Å². The van der Waals surface area contributed by atoms with Crippen LogP contribution < -0.4 is 5.73 Å². The van der Waals surface area contributed by atoms with Crippen molar-refractivity contribution in [3.05, 3.63) is 35.6 Å². The first-order valence-electron chi connectivity index (χ1n) is 6.43. The fourth-order valence-electron chi connectivity index (χ4n) is 2.38. The molecule has 2 rings (SSSR count). The van der Waals surface area contributed by atoms with Crippen LogP contribution in [0.15, 0.2) is 24.3 Å². The van der Waals surface area contributed by atoms with Gasteiger partial charge in [-0.05, 0) is 18.1 Å². The van der Waals surface area contributed by atoms with Crippen LogP contribution in [0.2, 0.25) is 0 Å². The Bertz CT molecular complexity index is 467. The normalized spacial score (nSPS) is 22.3. The lowest BCUT2D eigenvalue weighted by molar-refractivity contribution is -0.132. The number of alkyl halides is 1. The molecular weight excluding hydrogens is 250 g/mol. The van der Waals surface area contributed by atoms with Crippen molar-refractivity contribution in [3.8, 4) is 0 Å². The molecule has 1 amide bonds. The SMILES string of the molecule is C[C@@H](c1ccccc1F)[C@H](N)C(=O)N1CC[C@H](F)C1. The van der Waals surface area contributed by atoms with Gasteiger partial charge in [-0.1, -0.05) is 25.1 Å². The predicted octanol–water partition coefficient (Wildman–Crippen LogP) is 1.83. The lowest BCUT2D eigenvalue weighted by Crippen LogP contribution is -2.45. The third kappa shape index (κ3) is 2.92. The maximum atomic E-state index is 13.7. The molecular formula is C14H18F2N2O. The Morgan fingerprint density at radius 2 is 2.16 bits per heavy atom. The summed E-state index contributed by atoms with van der Waals surface area (Å²) in [6.45, 7) is 2.19. The van der Waals surface area contributed by atoms with Crippen LogP contribution in [0.4, 0.5) is 8.78 Å². The number of carbonyl (C=O) groups is 1. The number of rotatable bonds is 3. The van der Waals surface area contributed by atoms with Crippen LogP contribution in [-0.2, 0) is 4.79 Å². The van der Waals surface area contributed by atoms with Crippen LogP contribution in [0.1, 0.15) is 24.8 Å². The summed E-state index contributed by atoms with van der Waals surface area (Å²) in [6.07, 6.45) is -0.619. The van der Waals surface area contributed by atoms with E-state index >= 15 is 0 Å². The molecule has 0 saturated carbocycles. The molecule has 1 heterocycles. The molecule has 0 aromatic heterocycles. The Balaban J connectivity index is 2.09. The van der Waals surface area contributed by atoms with Gasteiger partial charge in [0.2, 0.25) is 5.91 Å². The molecule has 0 unspecified atom stereocenters. The van der Waals surface area contributed by atoms with Gasteiger partial charge in [0.05, 0.1) is 12.6 Å². The Morgan fingerprint density at radius 3 is 2.74 bits per heavy atom. The molecule has 5 heteroatoms. The van der Waals surface area contributed by atoms with Crippen LogP contribution in [0.5, 0.6) is 0 Å². The van der Waals surface area contributed by atoms with Crippen LogP contribution >= 0.6 is 0 Å². The van der Waals surface area contributed by atoms with Gasteiger partial charge < -0.3 is 10.6 Å². The second-order valence-electron chi connectivity index (χ2n) is 5.01. The van der Waals surface area contributed by atoms with E-state index in [4.69, 9.17) is 5.73 Å². The van der Waals surface area contributed by atoms with Crippen molar-refractivity contribution in [2.24, 2.45) is 5.73 Å². The van der Waals surface area contributed by atoms with E-state index in [-0.39, 0.29) is 18.3 Å². The first-order chi connectivity index (χ1) is 9.00. The quantitative estimate of drug-likeness (QED) is 0.909. The first-order valence-corrected chi connectivity index (χ1v) is 6.43. The van der Waals surface area contributed by atoms with Gasteiger partial charge in [-0.15, -0.1) is 0 Å². The molecule has 19 heavy (non-hydrogen) atoms. The molecule has 1 aromatic rings. The lowest BCUT2D eigenvalue weighted by atomic mass is 9.92. The summed E-state index contributed by atoms with van der Waals surface area (Å²) >= 11 is 0. The molecule has 3 atom stereocenters. The molecule has 0 aliphatic carbocycles. The van der Waals surface area contributed by atoms with E-state index in [1.807, 2.05) is 0 Å². The summed E-state index contributed by atoms with van der Waals surface area (Å²) in [7, 11) is 0. The van der Waals surface area contributed by atoms with Crippen molar-refractivity contribution in [2.75, 3.05) is 13.1 Å². The second-order valence-corrected chi connectivity index (χ2v) is 5.01. The van der Waals surface area contributed by atoms with Crippen LogP contribution in [0, 0.1) is 5.82 Å². The van der Waals surface area contributed by atoms with E-state index in [0.717, 1.165) is 0 Å². The van der Waals surface area contributed by atoms with Crippen molar-refractivity contribution in [3.63, 3.8) is 0 Å². The lowest BCUT2D eigenvalue weighted by Gasteiger charge is -2.25. The van der Waals surface area contributed by atoms with Crippen LogP contribution in [-0.4, -0.2) is 36.1 Å². The second kappa shape index (κ2) is 5.65. The van der Waals surface area contributed by atoms with E-state index < -0.39 is 18.1 Å². The molecule has 1 saturated heterocycles. The number of benzene rings is 1. The number of carbonyl (C=O) groups excluding carboxylic acids is 1. The van der Waals surface area contributed by atoms with Gasteiger partial charge in [-0.2, -0.15) is 0 Å². The van der Waals surface area contributed by atoms with E-state index in [1.54, 1.807) is 25.1 Å². The zero-order valence-electron chi connectivity index (χ0n) is 10.9. The van der Waals surface area contributed by atoms with E-state index in [2.05, 4.69) is 0 Å². The van der Waals surface area contributed by atoms with Gasteiger partial charge in [0.25, 0.3) is 0 Å². The van der Waals surface area contributed by atoms with Gasteiger partial charge >= 0.3 is 0 Å². The van der Waals surface area contributed by atoms with Crippen LogP contribution in [0.25, 0.3) is 0 Å². The molecule has 1 aliphatic rings. The Labute approximate surface area is 111 Å². The Morgan fingerprint density at radius 1 is 1.47 bits per heavy atom. The summed E-state index contributed by atoms with van der Waals surface area (Å²) in [5, 5.41) is 0. The van der Waals surface area contributed by atoms with Gasteiger partial charge in [0.1, 0.15) is 12.0 Å². The minimum Gasteiger partial charge on any atom is -0.338 e. The molecule has 0 bridgehead atoms. The van der Waals surface area contributed by atoms with Crippen molar-refractivity contribution >= 4 is 5.91 Å². The maximum absolute atomic E-state index is 13.7. The number of halogens is 2. The van der Waals surface area contributed by atoms with E-state index in [0.29, 0.717) is 18.5 Å². The van der Waals surface area contributed by atoms with E-state index in [9.17, 15) is 13.6 Å². The topological polar surface area (TPSA) is 46.3 Å². The van der Waals surface area contributed by atoms with Crippen molar-refractivity contribution in [1.29, 1.82) is 0 Å². The third-order valence-corrected chi connectivity index (χ3v) is 3.66. The number of nitrogens with two attached hydrogens (primary N) is 1. The first kappa shape index (κ1) is 13.9. The maximum Gasteiger partial charge on any atom is 0.240 e. The molecule has 1 aromatic carbocycles. The number of hydrogen-bond acceptors (Lipinski definition) is 2. The molecule has 104 valence electrons. The minimum atomic E-state index is -0.972. The van der Waals surface area contributed by atoms with Crippen LogP contribution in [0.3, 0.4) is 0 Å². The van der Waals surface area contributed by atoms with Gasteiger partial charge in [-0.3, -0.25) is 4.79 Å². The fourth-order valence-corrected chi connectivity index (χ4v) is 2.38. The average molecular weight is 268 g/mol. The Hall–Kier alpha value is -1.49. The summed E-state index contributed by atoms with van der Waals surface area (Å²) in [6, 6.07) is 5.42. The molecule has 1 aliphatic heterocycles. The standard InChI is InChI=1S/C14H18F2N2O/c1-9(11-4-2-3-5-12(11)16)13(17)14(19)18-7-6-10(15)8-18/h2-5,9-10,13H,6-8,17H2,1H3/t9-,10-,13-/m0/s1. The highest BCUT2D eigenvalue weighted by molar-refractivity contribution is 5.83. The van der Waals surface area contributed by atoms with Crippen molar-refractivity contribution in [2.45, 2.75) is 31.5 Å². The fraction of sp³-hybridized carbons (Fsp3) is 0.500. The molecule has 2 N–H and O–H groups in total. The largest absolute Gasteiger partial charge is 0.338 e. The Kier molecular flexibility index (Phi) is 4.14. The zero-order valence-corrected chi connectivity index (χ0v) is 10.9. The summed E-state index contributed by atoms with van der Waals surface area (Å²) < 4.78 is 26.8. The minimum absolute atomic E-state index is 0.0938. The van der Waals surface area contributed by atoms with Gasteiger partial charge in [0, 0.05) is 12.5 Å². The monoisotopic (exact) mass is 268 g/mol. The number of hydrogen-bond donors (Lipinski definition) is 1. The highest BCUT2D eigenvalue weighted by Gasteiger charge is 2.32. The van der Waals surface area contributed by atoms with Crippen molar-refractivity contribution in [1.82, 2.24) is 4.90 Å². The number of nitrogens with zero attached hydrogens (tertiary/aromatic N) is 1. The highest BCUT2D eigenvalue weighted by atomic mass is 19.1. The van der Waals surface area contributed by atoms with Gasteiger partial charge in [0.15, 0.2) is 0 Å². The van der Waals surface area contributed by atoms with E-state index in [1.165, 1.54) is 11.0 Å². The molecule has 1 fully saturated rings. The highest BCUT2D eigenvalue weighted by Crippen LogP contribution is 2.23. The zero-order chi connectivity index (χ0) is 14.0. The van der Waals surface area contributed by atoms with Crippen molar-refractivity contribution < 1.29 is 13.6 Å². The summed E-state index contributed by atoms with van der Waals surface area (Å²) in [5.74, 6) is -1.12.